The second kappa shape index (κ2) is 6.12. The van der Waals surface area contributed by atoms with Crippen LogP contribution in [-0.4, -0.2) is 44.2 Å². The summed E-state index contributed by atoms with van der Waals surface area (Å²) in [7, 11) is 0. The number of amides is 1. The Balaban J connectivity index is 1.43. The van der Waals surface area contributed by atoms with Gasteiger partial charge in [-0.2, -0.15) is 0 Å². The highest BCUT2D eigenvalue weighted by atomic mass is 16.2. The van der Waals surface area contributed by atoms with E-state index in [0.29, 0.717) is 12.5 Å². The van der Waals surface area contributed by atoms with Crippen LogP contribution in [0.25, 0.3) is 0 Å². The number of quaternary nitrogens is 2. The fourth-order valence-electron chi connectivity index (χ4n) is 5.38. The Morgan fingerprint density at radius 2 is 1.86 bits per heavy atom. The Morgan fingerprint density at radius 3 is 2.50 bits per heavy atom. The van der Waals surface area contributed by atoms with Crippen LogP contribution in [-0.2, 0) is 4.79 Å². The first-order chi connectivity index (χ1) is 10.4. The topological polar surface area (TPSA) is 50.1 Å². The van der Waals surface area contributed by atoms with Crippen LogP contribution in [0.3, 0.4) is 0 Å². The fraction of sp³-hybridized carbons (Fsp3) is 0.944. The number of carbonyl (C=O) groups is 1. The van der Waals surface area contributed by atoms with E-state index in [-0.39, 0.29) is 16.9 Å². The molecular weight excluding hydrogens is 274 g/mol. The Morgan fingerprint density at radius 1 is 1.18 bits per heavy atom. The van der Waals surface area contributed by atoms with Gasteiger partial charge in [0.2, 0.25) is 0 Å². The lowest BCUT2D eigenvalue weighted by Gasteiger charge is -2.48. The van der Waals surface area contributed by atoms with E-state index in [1.807, 2.05) is 0 Å². The monoisotopic (exact) mass is 309 g/mol. The van der Waals surface area contributed by atoms with E-state index in [1.54, 1.807) is 4.90 Å². The average molecular weight is 309 g/mol. The summed E-state index contributed by atoms with van der Waals surface area (Å²) >= 11 is 0. The van der Waals surface area contributed by atoms with Gasteiger partial charge in [-0.25, -0.2) is 0 Å². The Bertz CT molecular complexity index is 417. The summed E-state index contributed by atoms with van der Waals surface area (Å²) in [5.74, 6) is 1.72. The fourth-order valence-corrected chi connectivity index (χ4v) is 5.38. The molecule has 0 radical (unpaired) electrons. The van der Waals surface area contributed by atoms with Crippen molar-refractivity contribution in [1.29, 1.82) is 0 Å². The number of fused-ring (bicyclic) bond motifs is 2. The molecule has 1 saturated heterocycles. The smallest absolute Gasteiger partial charge is 0.275 e. The van der Waals surface area contributed by atoms with Gasteiger partial charge in [-0.05, 0) is 43.4 Å². The molecule has 4 heteroatoms. The summed E-state index contributed by atoms with van der Waals surface area (Å²) in [6, 6.07) is 0. The summed E-state index contributed by atoms with van der Waals surface area (Å²) in [5.41, 5.74) is 0.242. The van der Waals surface area contributed by atoms with Gasteiger partial charge in [0.15, 0.2) is 6.54 Å². The lowest BCUT2D eigenvalue weighted by Crippen LogP contribution is -3.13. The van der Waals surface area contributed by atoms with Crippen molar-refractivity contribution >= 4 is 5.91 Å². The van der Waals surface area contributed by atoms with Gasteiger partial charge < -0.3 is 15.5 Å². The maximum Gasteiger partial charge on any atom is 0.275 e. The van der Waals surface area contributed by atoms with E-state index in [9.17, 15) is 4.79 Å². The van der Waals surface area contributed by atoms with Gasteiger partial charge >= 0.3 is 0 Å². The van der Waals surface area contributed by atoms with Gasteiger partial charge in [-0.1, -0.05) is 13.8 Å². The third-order valence-electron chi connectivity index (χ3n) is 7.35. The predicted octanol–water partition coefficient (Wildman–Crippen LogP) is -0.440. The summed E-state index contributed by atoms with van der Waals surface area (Å²) in [4.78, 5) is 14.1. The summed E-state index contributed by atoms with van der Waals surface area (Å²) in [5, 5.41) is 5.63. The van der Waals surface area contributed by atoms with E-state index in [2.05, 4.69) is 31.4 Å². The summed E-state index contributed by atoms with van der Waals surface area (Å²) < 4.78 is 0. The van der Waals surface area contributed by atoms with Gasteiger partial charge in [0.1, 0.15) is 13.1 Å². The molecule has 2 aliphatic carbocycles. The lowest BCUT2D eigenvalue weighted by atomic mass is 9.64. The first-order valence-electron chi connectivity index (χ1n) is 9.40. The standard InChI is InChI=1S/C18H33N3O/c1-17(2)14-6-7-15(12-14)18(17,3)20-16(22)13-19-8-11-21-9-4-5-10-21/h14-15,19H,4-13H2,1-3H3,(H,20,22)/p+2/t14-,15+,18+/m0/s1. The van der Waals surface area contributed by atoms with Gasteiger partial charge in [0.05, 0.1) is 13.1 Å². The molecule has 126 valence electrons. The maximum absolute atomic E-state index is 12.4. The third kappa shape index (κ3) is 2.80. The van der Waals surface area contributed by atoms with E-state index < -0.39 is 0 Å². The molecule has 0 aromatic rings. The number of nitrogens with two attached hydrogens (primary N) is 1. The summed E-state index contributed by atoms with van der Waals surface area (Å²) in [6.45, 7) is 12.6. The minimum Gasteiger partial charge on any atom is -0.345 e. The molecule has 0 unspecified atom stereocenters. The SMILES string of the molecule is CC1(C)[C@H]2CC[C@H](C2)[C@@]1(C)NC(=O)C[NH2+]CC[NH+]1CCCC1. The molecule has 4 N–H and O–H groups in total. The van der Waals surface area contributed by atoms with Crippen molar-refractivity contribution in [2.45, 2.75) is 58.4 Å². The van der Waals surface area contributed by atoms with Crippen molar-refractivity contribution in [2.75, 3.05) is 32.7 Å². The van der Waals surface area contributed by atoms with E-state index in [1.165, 1.54) is 51.7 Å². The number of hydrogen-bond acceptors (Lipinski definition) is 1. The molecule has 22 heavy (non-hydrogen) atoms. The van der Waals surface area contributed by atoms with Crippen LogP contribution in [0.2, 0.25) is 0 Å². The summed E-state index contributed by atoms with van der Waals surface area (Å²) in [6.07, 6.45) is 6.73. The first kappa shape index (κ1) is 16.3. The zero-order valence-corrected chi connectivity index (χ0v) is 14.7. The van der Waals surface area contributed by atoms with Crippen molar-refractivity contribution in [3.05, 3.63) is 0 Å². The zero-order chi connectivity index (χ0) is 15.8. The number of rotatable bonds is 6. The maximum atomic E-state index is 12.4. The molecule has 1 aliphatic heterocycles. The van der Waals surface area contributed by atoms with E-state index in [4.69, 9.17) is 0 Å². The van der Waals surface area contributed by atoms with E-state index in [0.717, 1.165) is 12.5 Å². The van der Waals surface area contributed by atoms with Crippen LogP contribution in [0, 0.1) is 17.3 Å². The zero-order valence-electron chi connectivity index (χ0n) is 14.7. The molecule has 3 aliphatic rings. The molecule has 0 aromatic heterocycles. The Kier molecular flexibility index (Phi) is 4.52. The molecule has 0 spiro atoms. The van der Waals surface area contributed by atoms with Crippen LogP contribution >= 0.6 is 0 Å². The molecule has 2 bridgehead atoms. The molecule has 0 aromatic carbocycles. The van der Waals surface area contributed by atoms with Crippen molar-refractivity contribution in [3.8, 4) is 0 Å². The number of hydrogen-bond donors (Lipinski definition) is 3. The van der Waals surface area contributed by atoms with Gasteiger partial charge in [-0.15, -0.1) is 0 Å². The van der Waals surface area contributed by atoms with Crippen molar-refractivity contribution in [2.24, 2.45) is 17.3 Å². The second-order valence-corrected chi connectivity index (χ2v) is 8.67. The largest absolute Gasteiger partial charge is 0.345 e. The van der Waals surface area contributed by atoms with Gasteiger partial charge in [0.25, 0.3) is 5.91 Å². The minimum atomic E-state index is 0.00103. The number of likely N-dealkylation sites (tertiary alicyclic amines) is 1. The van der Waals surface area contributed by atoms with Crippen molar-refractivity contribution in [3.63, 3.8) is 0 Å². The molecule has 3 atom stereocenters. The van der Waals surface area contributed by atoms with Crippen LogP contribution in [0.4, 0.5) is 0 Å². The normalized spacial score (nSPS) is 36.9. The molecule has 1 amide bonds. The van der Waals surface area contributed by atoms with Crippen LogP contribution in [0.15, 0.2) is 0 Å². The predicted molar refractivity (Wildman–Crippen MR) is 87.6 cm³/mol. The average Bonchev–Trinajstić information content (AvgIpc) is 3.16. The van der Waals surface area contributed by atoms with Gasteiger partial charge in [-0.3, -0.25) is 4.79 Å². The Labute approximate surface area is 135 Å². The van der Waals surface area contributed by atoms with Crippen LogP contribution in [0.1, 0.15) is 52.9 Å². The second-order valence-electron chi connectivity index (χ2n) is 8.67. The van der Waals surface area contributed by atoms with Gasteiger partial charge in [0, 0.05) is 18.4 Å². The highest BCUT2D eigenvalue weighted by Gasteiger charge is 2.60. The first-order valence-corrected chi connectivity index (χ1v) is 9.40. The molecule has 4 nitrogen and oxygen atoms in total. The van der Waals surface area contributed by atoms with Crippen LogP contribution < -0.4 is 15.5 Å². The molecule has 2 saturated carbocycles. The highest BCUT2D eigenvalue weighted by molar-refractivity contribution is 5.77. The molecule has 3 rings (SSSR count). The number of carbonyl (C=O) groups excluding carboxylic acids is 1. The lowest BCUT2D eigenvalue weighted by molar-refractivity contribution is -0.900. The third-order valence-corrected chi connectivity index (χ3v) is 7.35. The van der Waals surface area contributed by atoms with Crippen LogP contribution in [0.5, 0.6) is 0 Å². The van der Waals surface area contributed by atoms with Crippen molar-refractivity contribution in [1.82, 2.24) is 5.32 Å². The number of nitrogens with one attached hydrogen (secondary N) is 2. The molecular formula is C18H35N3O+2. The van der Waals surface area contributed by atoms with Crippen molar-refractivity contribution < 1.29 is 15.0 Å². The molecule has 1 heterocycles. The minimum absolute atomic E-state index is 0.00103. The highest BCUT2D eigenvalue weighted by Crippen LogP contribution is 2.61. The quantitative estimate of drug-likeness (QED) is 0.573. The Hall–Kier alpha value is -0.610. The molecule has 3 fully saturated rings. The van der Waals surface area contributed by atoms with E-state index >= 15 is 0 Å².